The van der Waals surface area contributed by atoms with Gasteiger partial charge in [0.2, 0.25) is 0 Å². The number of aromatic nitrogens is 3. The second kappa shape index (κ2) is 4.69. The maximum Gasteiger partial charge on any atom is 0.358 e. The summed E-state index contributed by atoms with van der Waals surface area (Å²) >= 11 is 1.16. The zero-order valence-electron chi connectivity index (χ0n) is 10.1. The molecule has 2 heterocycles. The maximum atomic E-state index is 11.6. The van der Waals surface area contributed by atoms with Crippen molar-refractivity contribution in [2.24, 2.45) is 7.05 Å². The fraction of sp³-hybridized carbons (Fsp3) is 0.273. The number of carbonyl (C=O) groups is 2. The first-order valence-corrected chi connectivity index (χ1v) is 5.94. The third-order valence-electron chi connectivity index (χ3n) is 2.37. The molecule has 0 unspecified atom stereocenters. The van der Waals surface area contributed by atoms with Crippen molar-refractivity contribution in [3.63, 3.8) is 0 Å². The molecule has 6 nitrogen and oxygen atoms in total. The lowest BCUT2D eigenvalue weighted by Gasteiger charge is -1.96. The van der Waals surface area contributed by atoms with Gasteiger partial charge in [0.05, 0.1) is 12.8 Å². The van der Waals surface area contributed by atoms with E-state index in [1.54, 1.807) is 24.0 Å². The van der Waals surface area contributed by atoms with Gasteiger partial charge in [0, 0.05) is 20.2 Å². The molecule has 0 saturated carbocycles. The molecule has 0 aromatic carbocycles. The second-order valence-corrected chi connectivity index (χ2v) is 4.58. The molecule has 0 radical (unpaired) electrons. The number of hydrogen-bond donors (Lipinski definition) is 0. The molecular formula is C11H11N3O3S. The number of aryl methyl sites for hydroxylation is 1. The summed E-state index contributed by atoms with van der Waals surface area (Å²) in [5, 5.41) is 4.59. The van der Waals surface area contributed by atoms with E-state index in [1.807, 2.05) is 0 Å². The number of Topliss-reactive ketones (excluding diaryl/α,β-unsaturated/α-hetero) is 1. The first kappa shape index (κ1) is 12.4. The summed E-state index contributed by atoms with van der Waals surface area (Å²) in [6.45, 7) is 1.40. The van der Waals surface area contributed by atoms with Gasteiger partial charge in [-0.05, 0) is 6.07 Å². The molecule has 0 N–H and O–H groups in total. The van der Waals surface area contributed by atoms with E-state index in [4.69, 9.17) is 0 Å². The van der Waals surface area contributed by atoms with Crippen LogP contribution in [0.4, 0.5) is 0 Å². The van der Waals surface area contributed by atoms with Crippen LogP contribution in [0.2, 0.25) is 0 Å². The molecule has 0 amide bonds. The Morgan fingerprint density at radius 1 is 1.44 bits per heavy atom. The molecule has 0 aliphatic rings. The molecule has 18 heavy (non-hydrogen) atoms. The van der Waals surface area contributed by atoms with E-state index in [-0.39, 0.29) is 11.5 Å². The summed E-state index contributed by atoms with van der Waals surface area (Å²) in [5.41, 5.74) is 0.809. The molecule has 0 aliphatic heterocycles. The van der Waals surface area contributed by atoms with Crippen LogP contribution in [0.25, 0.3) is 10.7 Å². The summed E-state index contributed by atoms with van der Waals surface area (Å²) in [4.78, 5) is 27.5. The van der Waals surface area contributed by atoms with Gasteiger partial charge in [-0.15, -0.1) is 11.3 Å². The van der Waals surface area contributed by atoms with Gasteiger partial charge < -0.3 is 4.74 Å². The van der Waals surface area contributed by atoms with Crippen LogP contribution in [-0.4, -0.2) is 33.6 Å². The lowest BCUT2D eigenvalue weighted by atomic mass is 10.3. The minimum atomic E-state index is -0.607. The van der Waals surface area contributed by atoms with E-state index in [2.05, 4.69) is 14.8 Å². The van der Waals surface area contributed by atoms with Gasteiger partial charge in [-0.1, -0.05) is 0 Å². The monoisotopic (exact) mass is 265 g/mol. The first-order valence-electron chi connectivity index (χ1n) is 5.13. The van der Waals surface area contributed by atoms with E-state index < -0.39 is 5.97 Å². The molecule has 7 heteroatoms. The van der Waals surface area contributed by atoms with Crippen molar-refractivity contribution in [3.8, 4) is 10.7 Å². The zero-order chi connectivity index (χ0) is 13.3. The minimum absolute atomic E-state index is 0.0613. The van der Waals surface area contributed by atoms with E-state index in [0.717, 1.165) is 17.0 Å². The summed E-state index contributed by atoms with van der Waals surface area (Å²) in [6.07, 6.45) is 1.63. The van der Waals surface area contributed by atoms with Crippen molar-refractivity contribution in [2.75, 3.05) is 7.11 Å². The fourth-order valence-corrected chi connectivity index (χ4v) is 2.49. The highest BCUT2D eigenvalue weighted by molar-refractivity contribution is 7.17. The van der Waals surface area contributed by atoms with E-state index in [0.29, 0.717) is 9.88 Å². The van der Waals surface area contributed by atoms with Crippen molar-refractivity contribution in [1.29, 1.82) is 0 Å². The molecule has 0 atom stereocenters. The Morgan fingerprint density at radius 2 is 2.17 bits per heavy atom. The molecule has 2 rings (SSSR count). The lowest BCUT2D eigenvalue weighted by Crippen LogP contribution is -2.07. The van der Waals surface area contributed by atoms with Crippen LogP contribution in [0.3, 0.4) is 0 Å². The van der Waals surface area contributed by atoms with Crippen LogP contribution < -0.4 is 0 Å². The first-order chi connectivity index (χ1) is 8.54. The average Bonchev–Trinajstić information content (AvgIpc) is 2.93. The zero-order valence-corrected chi connectivity index (χ0v) is 10.9. The molecule has 0 bridgehead atoms. The average molecular weight is 265 g/mol. The van der Waals surface area contributed by atoms with E-state index >= 15 is 0 Å². The van der Waals surface area contributed by atoms with Gasteiger partial charge in [-0.2, -0.15) is 5.10 Å². The Morgan fingerprint density at radius 3 is 2.67 bits per heavy atom. The van der Waals surface area contributed by atoms with Gasteiger partial charge in [0.15, 0.2) is 11.5 Å². The Bertz CT molecular complexity index is 615. The van der Waals surface area contributed by atoms with Crippen molar-refractivity contribution in [2.45, 2.75) is 6.92 Å². The number of esters is 1. The molecule has 0 saturated heterocycles. The number of methoxy groups -OCH3 is 1. The predicted molar refractivity (Wildman–Crippen MR) is 65.7 cm³/mol. The summed E-state index contributed by atoms with van der Waals surface area (Å²) in [7, 11) is 3.03. The molecule has 94 valence electrons. The van der Waals surface area contributed by atoms with Crippen LogP contribution >= 0.6 is 11.3 Å². The smallest absolute Gasteiger partial charge is 0.358 e. The topological polar surface area (TPSA) is 74.1 Å². The number of nitrogens with zero attached hydrogens (tertiary/aromatic N) is 3. The molecular weight excluding hydrogens is 254 g/mol. The van der Waals surface area contributed by atoms with Crippen molar-refractivity contribution >= 4 is 23.1 Å². The Hall–Kier alpha value is -2.02. The molecule has 0 spiro atoms. The van der Waals surface area contributed by atoms with Crippen molar-refractivity contribution in [1.82, 2.24) is 14.8 Å². The summed E-state index contributed by atoms with van der Waals surface area (Å²) in [6, 6.07) is 1.77. The third-order valence-corrected chi connectivity index (χ3v) is 3.54. The van der Waals surface area contributed by atoms with Crippen molar-refractivity contribution in [3.05, 3.63) is 22.8 Å². The fourth-order valence-electron chi connectivity index (χ4n) is 1.49. The minimum Gasteiger partial charge on any atom is -0.464 e. The van der Waals surface area contributed by atoms with Crippen LogP contribution in [0, 0.1) is 0 Å². The highest BCUT2D eigenvalue weighted by atomic mass is 32.1. The summed E-state index contributed by atoms with van der Waals surface area (Å²) in [5.74, 6) is -0.814. The van der Waals surface area contributed by atoms with Gasteiger partial charge in [-0.25, -0.2) is 9.78 Å². The highest BCUT2D eigenvalue weighted by Crippen LogP contribution is 2.28. The Kier molecular flexibility index (Phi) is 3.24. The Labute approximate surface area is 107 Å². The molecule has 2 aromatic rings. The van der Waals surface area contributed by atoms with Gasteiger partial charge in [-0.3, -0.25) is 9.48 Å². The normalized spacial score (nSPS) is 10.4. The largest absolute Gasteiger partial charge is 0.464 e. The van der Waals surface area contributed by atoms with Gasteiger partial charge in [0.1, 0.15) is 9.88 Å². The SMILES string of the molecule is COC(=O)c1nc(-c2ccnn2C)sc1C(C)=O. The summed E-state index contributed by atoms with van der Waals surface area (Å²) < 4.78 is 6.25. The number of ketones is 1. The van der Waals surface area contributed by atoms with Crippen LogP contribution in [0.1, 0.15) is 27.1 Å². The number of ether oxygens (including phenoxy) is 1. The second-order valence-electron chi connectivity index (χ2n) is 3.58. The molecule has 0 fully saturated rings. The number of thiazole rings is 1. The number of rotatable bonds is 3. The van der Waals surface area contributed by atoms with Crippen LogP contribution in [0.15, 0.2) is 12.3 Å². The third kappa shape index (κ3) is 2.04. The van der Waals surface area contributed by atoms with Gasteiger partial charge in [0.25, 0.3) is 0 Å². The van der Waals surface area contributed by atoms with Crippen LogP contribution in [0.5, 0.6) is 0 Å². The van der Waals surface area contributed by atoms with E-state index in [9.17, 15) is 9.59 Å². The maximum absolute atomic E-state index is 11.6. The number of carbonyl (C=O) groups excluding carboxylic acids is 2. The quantitative estimate of drug-likeness (QED) is 0.621. The number of hydrogen-bond acceptors (Lipinski definition) is 6. The van der Waals surface area contributed by atoms with Gasteiger partial charge >= 0.3 is 5.97 Å². The molecule has 2 aromatic heterocycles. The van der Waals surface area contributed by atoms with E-state index in [1.165, 1.54) is 14.0 Å². The van der Waals surface area contributed by atoms with Crippen molar-refractivity contribution < 1.29 is 14.3 Å². The Balaban J connectivity index is 2.56. The van der Waals surface area contributed by atoms with Crippen LogP contribution in [-0.2, 0) is 11.8 Å². The standard InChI is InChI=1S/C11H11N3O3S/c1-6(15)9-8(11(16)17-3)13-10(18-9)7-4-5-12-14(7)2/h4-5H,1-3H3. The highest BCUT2D eigenvalue weighted by Gasteiger charge is 2.23. The molecule has 0 aliphatic carbocycles. The predicted octanol–water partition coefficient (Wildman–Crippen LogP) is 1.53. The lowest BCUT2D eigenvalue weighted by molar-refractivity contribution is 0.0591.